The Kier molecular flexibility index (Phi) is 17.5. The van der Waals surface area contributed by atoms with E-state index in [0.29, 0.717) is 0 Å². The quantitative estimate of drug-likeness (QED) is 0.0618. The summed E-state index contributed by atoms with van der Waals surface area (Å²) in [6, 6.07) is 9.23. The Bertz CT molecular complexity index is 1250. The van der Waals surface area contributed by atoms with E-state index in [1.165, 1.54) is 167 Å². The summed E-state index contributed by atoms with van der Waals surface area (Å²) in [5.74, 6) is 0. The first-order valence-electron chi connectivity index (χ1n) is 18.1. The Morgan fingerprint density at radius 2 is 0.932 bits per heavy atom. The van der Waals surface area contributed by atoms with Crippen molar-refractivity contribution < 1.29 is 0 Å². The highest BCUT2D eigenvalue weighted by Crippen LogP contribution is 2.47. The van der Waals surface area contributed by atoms with Crippen LogP contribution in [0.1, 0.15) is 153 Å². The molecular formula is C40H58S4. The van der Waals surface area contributed by atoms with Crippen LogP contribution in [-0.4, -0.2) is 0 Å². The Morgan fingerprint density at radius 1 is 0.432 bits per heavy atom. The largest absolute Gasteiger partial charge is 0.143 e. The molecule has 4 aromatic heterocycles. The zero-order valence-electron chi connectivity index (χ0n) is 27.8. The van der Waals surface area contributed by atoms with Crippen molar-refractivity contribution in [1.82, 2.24) is 0 Å². The molecule has 0 bridgehead atoms. The normalized spacial score (nSPS) is 11.6. The second-order valence-corrected chi connectivity index (χ2v) is 16.4. The SMILES string of the molecule is CCCCCCCCCCCCc1csc(-c2ccsc2-c2ccsc2-c2cccs2)c1CCCCCCCCCCCC. The molecule has 0 aliphatic rings. The van der Waals surface area contributed by atoms with Gasteiger partial charge in [0, 0.05) is 25.8 Å². The van der Waals surface area contributed by atoms with E-state index in [0.717, 1.165) is 0 Å². The molecule has 44 heavy (non-hydrogen) atoms. The van der Waals surface area contributed by atoms with Gasteiger partial charge in [-0.05, 0) is 76.5 Å². The highest BCUT2D eigenvalue weighted by Gasteiger charge is 2.20. The molecule has 0 nitrogen and oxygen atoms in total. The van der Waals surface area contributed by atoms with E-state index < -0.39 is 0 Å². The maximum atomic E-state index is 2.53. The van der Waals surface area contributed by atoms with Crippen molar-refractivity contribution in [2.75, 3.05) is 0 Å². The smallest absolute Gasteiger partial charge is 0.0529 e. The number of hydrogen-bond acceptors (Lipinski definition) is 4. The highest BCUT2D eigenvalue weighted by molar-refractivity contribution is 7.21. The van der Waals surface area contributed by atoms with E-state index in [1.54, 1.807) is 16.0 Å². The predicted molar refractivity (Wildman–Crippen MR) is 205 cm³/mol. The van der Waals surface area contributed by atoms with Crippen molar-refractivity contribution in [3.8, 4) is 30.6 Å². The van der Waals surface area contributed by atoms with Crippen molar-refractivity contribution in [3.05, 3.63) is 56.9 Å². The Morgan fingerprint density at radius 3 is 1.48 bits per heavy atom. The molecule has 4 heterocycles. The van der Waals surface area contributed by atoms with E-state index in [2.05, 4.69) is 59.6 Å². The van der Waals surface area contributed by atoms with Crippen LogP contribution in [0.3, 0.4) is 0 Å². The van der Waals surface area contributed by atoms with Gasteiger partial charge in [-0.15, -0.1) is 45.3 Å². The van der Waals surface area contributed by atoms with Gasteiger partial charge in [-0.2, -0.15) is 0 Å². The van der Waals surface area contributed by atoms with E-state index in [4.69, 9.17) is 0 Å². The van der Waals surface area contributed by atoms with Gasteiger partial charge in [-0.3, -0.25) is 0 Å². The number of thiophene rings is 4. The van der Waals surface area contributed by atoms with Crippen LogP contribution >= 0.6 is 45.3 Å². The monoisotopic (exact) mass is 666 g/mol. The zero-order chi connectivity index (χ0) is 30.7. The van der Waals surface area contributed by atoms with Gasteiger partial charge in [0.25, 0.3) is 0 Å². The fraction of sp³-hybridized carbons (Fsp3) is 0.600. The van der Waals surface area contributed by atoms with Crippen LogP contribution in [0.4, 0.5) is 0 Å². The van der Waals surface area contributed by atoms with Crippen LogP contribution in [-0.2, 0) is 12.8 Å². The maximum Gasteiger partial charge on any atom is 0.0529 e. The van der Waals surface area contributed by atoms with Crippen LogP contribution in [0.25, 0.3) is 30.6 Å². The lowest BCUT2D eigenvalue weighted by Crippen LogP contribution is -1.94. The predicted octanol–water partition coefficient (Wildman–Crippen LogP) is 15.9. The summed E-state index contributed by atoms with van der Waals surface area (Å²) < 4.78 is 0. The zero-order valence-corrected chi connectivity index (χ0v) is 31.1. The number of hydrogen-bond donors (Lipinski definition) is 0. The Balaban J connectivity index is 1.36. The third kappa shape index (κ3) is 11.6. The molecule has 0 aliphatic heterocycles. The molecule has 0 saturated heterocycles. The lowest BCUT2D eigenvalue weighted by molar-refractivity contribution is 0.553. The van der Waals surface area contributed by atoms with Crippen molar-refractivity contribution >= 4 is 45.3 Å². The Labute approximate surface area is 286 Å². The lowest BCUT2D eigenvalue weighted by atomic mass is 9.95. The average molecular weight is 667 g/mol. The molecule has 4 rings (SSSR count). The molecule has 0 spiro atoms. The fourth-order valence-electron chi connectivity index (χ4n) is 6.50. The minimum absolute atomic E-state index is 1.25. The second-order valence-electron chi connectivity index (χ2n) is 12.7. The number of unbranched alkanes of at least 4 members (excludes halogenated alkanes) is 18. The fourth-order valence-corrected chi connectivity index (χ4v) is 10.5. The standard InChI is InChI=1S/C40H58S4/c1-3-5-7-9-11-13-15-17-19-21-24-33-32-44-38(34(33)25-22-20-18-16-14-12-10-8-6-4-2)35-27-30-42-39(35)36-28-31-43-40(36)37-26-23-29-41-37/h23,26-32H,3-22,24-25H2,1-2H3. The van der Waals surface area contributed by atoms with Crippen molar-refractivity contribution in [2.45, 2.75) is 155 Å². The van der Waals surface area contributed by atoms with Crippen LogP contribution < -0.4 is 0 Å². The van der Waals surface area contributed by atoms with Gasteiger partial charge in [0.1, 0.15) is 0 Å². The molecule has 0 unspecified atom stereocenters. The summed E-state index contributed by atoms with van der Waals surface area (Å²) in [6.45, 7) is 4.62. The average Bonchev–Trinajstić information content (AvgIpc) is 3.86. The van der Waals surface area contributed by atoms with Crippen LogP contribution in [0, 0.1) is 0 Å². The molecule has 0 aromatic carbocycles. The molecule has 0 fully saturated rings. The van der Waals surface area contributed by atoms with Crippen molar-refractivity contribution in [2.24, 2.45) is 0 Å². The highest BCUT2D eigenvalue weighted by atomic mass is 32.1. The number of aryl methyl sites for hydroxylation is 1. The number of rotatable bonds is 25. The van der Waals surface area contributed by atoms with E-state index in [-0.39, 0.29) is 0 Å². The van der Waals surface area contributed by atoms with Crippen molar-refractivity contribution in [1.29, 1.82) is 0 Å². The minimum atomic E-state index is 1.25. The summed E-state index contributed by atoms with van der Waals surface area (Å²) in [7, 11) is 0. The van der Waals surface area contributed by atoms with Crippen LogP contribution in [0.15, 0.2) is 45.8 Å². The molecule has 0 saturated carbocycles. The minimum Gasteiger partial charge on any atom is -0.143 e. The van der Waals surface area contributed by atoms with Gasteiger partial charge in [0.2, 0.25) is 0 Å². The molecule has 242 valence electrons. The van der Waals surface area contributed by atoms with Gasteiger partial charge in [0.05, 0.1) is 4.88 Å². The van der Waals surface area contributed by atoms with Gasteiger partial charge >= 0.3 is 0 Å². The third-order valence-corrected chi connectivity index (χ3v) is 13.1. The van der Waals surface area contributed by atoms with Gasteiger partial charge < -0.3 is 0 Å². The molecule has 0 aliphatic carbocycles. The summed E-state index contributed by atoms with van der Waals surface area (Å²) in [5.41, 5.74) is 6.24. The summed E-state index contributed by atoms with van der Waals surface area (Å²) in [5, 5.41) is 9.35. The lowest BCUT2D eigenvalue weighted by Gasteiger charge is -2.10. The van der Waals surface area contributed by atoms with E-state index in [9.17, 15) is 0 Å². The molecule has 0 atom stereocenters. The summed E-state index contributed by atoms with van der Waals surface area (Å²) in [4.78, 5) is 5.85. The maximum absolute atomic E-state index is 2.53. The molecule has 0 N–H and O–H groups in total. The van der Waals surface area contributed by atoms with E-state index >= 15 is 0 Å². The van der Waals surface area contributed by atoms with Crippen LogP contribution in [0.2, 0.25) is 0 Å². The van der Waals surface area contributed by atoms with Crippen LogP contribution in [0.5, 0.6) is 0 Å². The summed E-state index contributed by atoms with van der Waals surface area (Å²) >= 11 is 7.71. The van der Waals surface area contributed by atoms with Crippen molar-refractivity contribution in [3.63, 3.8) is 0 Å². The summed E-state index contributed by atoms with van der Waals surface area (Å²) in [6.07, 6.45) is 30.7. The third-order valence-electron chi connectivity index (χ3n) is 9.13. The molecule has 0 radical (unpaired) electrons. The first-order valence-corrected chi connectivity index (χ1v) is 21.6. The molecule has 0 amide bonds. The molecule has 4 aromatic rings. The topological polar surface area (TPSA) is 0 Å². The second kappa shape index (κ2) is 21.6. The Hall–Kier alpha value is -1.20. The van der Waals surface area contributed by atoms with E-state index in [1.807, 2.05) is 45.3 Å². The first-order chi connectivity index (χ1) is 21.8. The molecule has 4 heteroatoms. The van der Waals surface area contributed by atoms with Gasteiger partial charge in [-0.25, -0.2) is 0 Å². The first kappa shape index (κ1) is 35.7. The van der Waals surface area contributed by atoms with Gasteiger partial charge in [0.15, 0.2) is 0 Å². The van der Waals surface area contributed by atoms with Gasteiger partial charge in [-0.1, -0.05) is 135 Å². The molecular weight excluding hydrogens is 609 g/mol.